The molecule has 7 nitrogen and oxygen atoms in total. The van der Waals surface area contributed by atoms with Gasteiger partial charge in [-0.3, -0.25) is 0 Å². The molecule has 0 atom stereocenters. The molecule has 0 saturated carbocycles. The lowest BCUT2D eigenvalue weighted by Gasteiger charge is -2.19. The van der Waals surface area contributed by atoms with Gasteiger partial charge in [0, 0.05) is 12.7 Å². The first kappa shape index (κ1) is 14.0. The minimum absolute atomic E-state index is 0.101. The number of fused-ring (bicyclic) bond motifs is 1. The van der Waals surface area contributed by atoms with E-state index in [0.717, 1.165) is 11.4 Å². The van der Waals surface area contributed by atoms with Crippen LogP contribution in [-0.4, -0.2) is 27.0 Å². The SMILES string of the molecule is Cc1ccc(N(C)Cc2cnc3nc(N)nc(N)c3n2)cc1. The summed E-state index contributed by atoms with van der Waals surface area (Å²) >= 11 is 0. The van der Waals surface area contributed by atoms with Gasteiger partial charge in [-0.2, -0.15) is 9.97 Å². The highest BCUT2D eigenvalue weighted by Crippen LogP contribution is 2.18. The van der Waals surface area contributed by atoms with Gasteiger partial charge in [-0.15, -0.1) is 0 Å². The van der Waals surface area contributed by atoms with Crippen LogP contribution < -0.4 is 16.4 Å². The first-order chi connectivity index (χ1) is 10.5. The van der Waals surface area contributed by atoms with Gasteiger partial charge < -0.3 is 16.4 Å². The Morgan fingerprint density at radius 1 is 1.05 bits per heavy atom. The summed E-state index contributed by atoms with van der Waals surface area (Å²) in [6.45, 7) is 2.67. The Balaban J connectivity index is 1.89. The molecule has 0 saturated heterocycles. The maximum absolute atomic E-state index is 5.84. The molecule has 0 radical (unpaired) electrons. The Morgan fingerprint density at radius 3 is 2.50 bits per heavy atom. The van der Waals surface area contributed by atoms with Gasteiger partial charge in [0.1, 0.15) is 0 Å². The molecular formula is C15H17N7. The molecule has 3 rings (SSSR count). The third kappa shape index (κ3) is 2.73. The first-order valence-corrected chi connectivity index (χ1v) is 6.85. The fourth-order valence-electron chi connectivity index (χ4n) is 2.19. The average Bonchev–Trinajstić information content (AvgIpc) is 2.48. The maximum Gasteiger partial charge on any atom is 0.224 e. The van der Waals surface area contributed by atoms with E-state index in [-0.39, 0.29) is 11.8 Å². The van der Waals surface area contributed by atoms with Crippen molar-refractivity contribution in [3.05, 3.63) is 41.7 Å². The molecule has 0 aliphatic rings. The van der Waals surface area contributed by atoms with Gasteiger partial charge >= 0.3 is 0 Å². The number of aromatic nitrogens is 4. The number of rotatable bonds is 3. The molecule has 2 aromatic heterocycles. The maximum atomic E-state index is 5.84. The molecule has 0 spiro atoms. The molecule has 112 valence electrons. The molecule has 0 aliphatic carbocycles. The lowest BCUT2D eigenvalue weighted by Crippen LogP contribution is -2.17. The van der Waals surface area contributed by atoms with E-state index in [1.54, 1.807) is 6.20 Å². The topological polar surface area (TPSA) is 107 Å². The van der Waals surface area contributed by atoms with E-state index in [4.69, 9.17) is 11.5 Å². The van der Waals surface area contributed by atoms with Crippen molar-refractivity contribution in [2.45, 2.75) is 13.5 Å². The van der Waals surface area contributed by atoms with Gasteiger partial charge in [-0.05, 0) is 19.1 Å². The van der Waals surface area contributed by atoms with Crippen molar-refractivity contribution in [3.63, 3.8) is 0 Å². The molecule has 0 bridgehead atoms. The zero-order valence-electron chi connectivity index (χ0n) is 12.5. The van der Waals surface area contributed by atoms with Crippen molar-refractivity contribution in [2.24, 2.45) is 0 Å². The van der Waals surface area contributed by atoms with Gasteiger partial charge in [0.2, 0.25) is 5.95 Å². The van der Waals surface area contributed by atoms with Crippen LogP contribution in [0.3, 0.4) is 0 Å². The number of anilines is 3. The van der Waals surface area contributed by atoms with Crippen LogP contribution in [0.15, 0.2) is 30.5 Å². The van der Waals surface area contributed by atoms with E-state index >= 15 is 0 Å². The van der Waals surface area contributed by atoms with Crippen LogP contribution in [0.1, 0.15) is 11.3 Å². The summed E-state index contributed by atoms with van der Waals surface area (Å²) < 4.78 is 0. The molecule has 0 amide bonds. The van der Waals surface area contributed by atoms with Gasteiger partial charge in [0.15, 0.2) is 17.0 Å². The highest BCUT2D eigenvalue weighted by molar-refractivity contribution is 5.81. The second kappa shape index (κ2) is 5.44. The predicted octanol–water partition coefficient (Wildman–Crippen LogP) is 1.53. The Kier molecular flexibility index (Phi) is 3.46. The summed E-state index contributed by atoms with van der Waals surface area (Å²) in [5, 5.41) is 0. The van der Waals surface area contributed by atoms with Crippen molar-refractivity contribution in [3.8, 4) is 0 Å². The highest BCUT2D eigenvalue weighted by atomic mass is 15.1. The van der Waals surface area contributed by atoms with Gasteiger partial charge in [0.25, 0.3) is 0 Å². The number of nitrogens with two attached hydrogens (primary N) is 2. The van der Waals surface area contributed by atoms with Crippen LogP contribution in [0.25, 0.3) is 11.2 Å². The third-order valence-electron chi connectivity index (χ3n) is 3.38. The standard InChI is InChI=1S/C15H17N7/c1-9-3-5-11(6-4-9)22(2)8-10-7-18-14-12(19-10)13(16)20-15(17)21-14/h3-7H,8H2,1-2H3,(H4,16,17,18,20,21). The van der Waals surface area contributed by atoms with Crippen LogP contribution in [0.2, 0.25) is 0 Å². The van der Waals surface area contributed by atoms with E-state index in [1.165, 1.54) is 5.56 Å². The van der Waals surface area contributed by atoms with E-state index in [1.807, 2.05) is 7.05 Å². The van der Waals surface area contributed by atoms with E-state index in [2.05, 4.69) is 56.0 Å². The van der Waals surface area contributed by atoms with Crippen LogP contribution in [0.5, 0.6) is 0 Å². The lowest BCUT2D eigenvalue weighted by molar-refractivity contribution is 0.881. The molecule has 4 N–H and O–H groups in total. The Bertz CT molecular complexity index is 814. The Morgan fingerprint density at radius 2 is 1.77 bits per heavy atom. The van der Waals surface area contributed by atoms with Gasteiger partial charge in [-0.1, -0.05) is 17.7 Å². The number of nitrogen functional groups attached to an aromatic ring is 2. The smallest absolute Gasteiger partial charge is 0.224 e. The molecule has 1 aromatic carbocycles. The summed E-state index contributed by atoms with van der Waals surface area (Å²) in [6, 6.07) is 8.29. The number of aryl methyl sites for hydroxylation is 1. The second-order valence-corrected chi connectivity index (χ2v) is 5.19. The normalized spacial score (nSPS) is 10.8. The van der Waals surface area contributed by atoms with Crippen LogP contribution in [-0.2, 0) is 6.54 Å². The quantitative estimate of drug-likeness (QED) is 0.754. The lowest BCUT2D eigenvalue weighted by atomic mass is 10.2. The minimum atomic E-state index is 0.101. The van der Waals surface area contributed by atoms with Gasteiger partial charge in [0.05, 0.1) is 18.4 Å². The van der Waals surface area contributed by atoms with Crippen molar-refractivity contribution in [2.75, 3.05) is 23.4 Å². The molecule has 22 heavy (non-hydrogen) atoms. The van der Waals surface area contributed by atoms with Crippen molar-refractivity contribution >= 4 is 28.6 Å². The molecular weight excluding hydrogens is 278 g/mol. The Labute approximate surface area is 128 Å². The van der Waals surface area contributed by atoms with E-state index in [0.29, 0.717) is 17.7 Å². The second-order valence-electron chi connectivity index (χ2n) is 5.19. The third-order valence-corrected chi connectivity index (χ3v) is 3.38. The van der Waals surface area contributed by atoms with Crippen molar-refractivity contribution in [1.82, 2.24) is 19.9 Å². The molecule has 0 fully saturated rings. The van der Waals surface area contributed by atoms with E-state index < -0.39 is 0 Å². The summed E-state index contributed by atoms with van der Waals surface area (Å²) in [7, 11) is 2.00. The molecule has 2 heterocycles. The summed E-state index contributed by atoms with van der Waals surface area (Å²) in [4.78, 5) is 18.8. The van der Waals surface area contributed by atoms with Crippen LogP contribution in [0.4, 0.5) is 17.5 Å². The largest absolute Gasteiger partial charge is 0.382 e. The fourth-order valence-corrected chi connectivity index (χ4v) is 2.19. The zero-order valence-corrected chi connectivity index (χ0v) is 12.5. The molecule has 3 aromatic rings. The average molecular weight is 295 g/mol. The summed E-state index contributed by atoms with van der Waals surface area (Å²) in [5.74, 6) is 0.346. The highest BCUT2D eigenvalue weighted by Gasteiger charge is 2.09. The van der Waals surface area contributed by atoms with Crippen LogP contribution >= 0.6 is 0 Å². The van der Waals surface area contributed by atoms with Crippen molar-refractivity contribution in [1.29, 1.82) is 0 Å². The predicted molar refractivity (Wildman–Crippen MR) is 87.2 cm³/mol. The summed E-state index contributed by atoms with van der Waals surface area (Å²) in [6.07, 6.45) is 1.68. The Hall–Kier alpha value is -2.96. The van der Waals surface area contributed by atoms with E-state index in [9.17, 15) is 0 Å². The van der Waals surface area contributed by atoms with Crippen LogP contribution in [0, 0.1) is 6.92 Å². The number of benzene rings is 1. The minimum Gasteiger partial charge on any atom is -0.382 e. The van der Waals surface area contributed by atoms with Crippen molar-refractivity contribution < 1.29 is 0 Å². The molecule has 0 unspecified atom stereocenters. The zero-order chi connectivity index (χ0) is 15.7. The molecule has 7 heteroatoms. The number of hydrogen-bond donors (Lipinski definition) is 2. The molecule has 0 aliphatic heterocycles. The van der Waals surface area contributed by atoms with Gasteiger partial charge in [-0.25, -0.2) is 9.97 Å². The monoisotopic (exact) mass is 295 g/mol. The number of nitrogens with zero attached hydrogens (tertiary/aromatic N) is 5. The fraction of sp³-hybridized carbons (Fsp3) is 0.200. The number of hydrogen-bond acceptors (Lipinski definition) is 7. The summed E-state index contributed by atoms with van der Waals surface area (Å²) in [5.41, 5.74) is 15.4. The first-order valence-electron chi connectivity index (χ1n) is 6.85.